The van der Waals surface area contributed by atoms with E-state index in [1.165, 1.54) is 0 Å². The molecule has 0 heterocycles. The maximum absolute atomic E-state index is 8.36. The van der Waals surface area contributed by atoms with Crippen molar-refractivity contribution < 1.29 is 2.81 Å². The molecule has 24 valence electrons. The Labute approximate surface area is 65.4 Å². The number of rotatable bonds is 0. The third kappa shape index (κ3) is 9.13. The Morgan fingerprint density at radius 3 is 1.25 bits per heavy atom. The SMILES string of the molecule is Cl.[Bi].[O]=[Bi]. The van der Waals surface area contributed by atoms with Gasteiger partial charge in [0.2, 0.25) is 0 Å². The van der Waals surface area contributed by atoms with Gasteiger partial charge < -0.3 is 0 Å². The predicted molar refractivity (Wildman–Crippen MR) is 19.4 cm³/mol. The topological polar surface area (TPSA) is 17.1 Å². The molecule has 0 saturated carbocycles. The van der Waals surface area contributed by atoms with E-state index in [9.17, 15) is 0 Å². The van der Waals surface area contributed by atoms with Gasteiger partial charge in [0.25, 0.3) is 0 Å². The molecule has 0 aliphatic rings. The summed E-state index contributed by atoms with van der Waals surface area (Å²) in [6, 6.07) is 0. The van der Waals surface area contributed by atoms with Gasteiger partial charge in [0.15, 0.2) is 0 Å². The first-order valence-electron chi connectivity index (χ1n) is 0.183. The van der Waals surface area contributed by atoms with E-state index in [1.807, 2.05) is 0 Å². The molecule has 0 saturated heterocycles. The van der Waals surface area contributed by atoms with Gasteiger partial charge in [-0.25, -0.2) is 0 Å². The number of hydrogen-bond acceptors (Lipinski definition) is 1. The van der Waals surface area contributed by atoms with E-state index in [0.717, 1.165) is 0 Å². The molecule has 0 atom stereocenters. The first-order valence-corrected chi connectivity index (χ1v) is 1.60. The van der Waals surface area contributed by atoms with Crippen LogP contribution < -0.4 is 0 Å². The second kappa shape index (κ2) is 21.0. The number of hydrogen-bond donors (Lipinski definition) is 0. The van der Waals surface area contributed by atoms with Crippen LogP contribution in [0.1, 0.15) is 0 Å². The van der Waals surface area contributed by atoms with Crippen LogP contribution in [-0.4, -0.2) is 50.9 Å². The molecule has 4 radical (unpaired) electrons. The third-order valence-electron chi connectivity index (χ3n) is 0. The molecule has 0 spiro atoms. The molecule has 0 bridgehead atoms. The van der Waals surface area contributed by atoms with Crippen molar-refractivity contribution in [3.05, 3.63) is 0 Å². The van der Waals surface area contributed by atoms with E-state index in [1.54, 1.807) is 0 Å². The van der Waals surface area contributed by atoms with Crippen LogP contribution in [0.2, 0.25) is 0 Å². The second-order valence-electron chi connectivity index (χ2n) is 0. The monoisotopic (exact) mass is 470 g/mol. The summed E-state index contributed by atoms with van der Waals surface area (Å²) in [5.41, 5.74) is 0. The molecule has 0 aliphatic heterocycles. The summed E-state index contributed by atoms with van der Waals surface area (Å²) in [6.07, 6.45) is 0. The fourth-order valence-corrected chi connectivity index (χ4v) is 0. The van der Waals surface area contributed by atoms with Crippen LogP contribution in [0, 0.1) is 0 Å². The van der Waals surface area contributed by atoms with Crippen molar-refractivity contribution in [1.29, 1.82) is 0 Å². The Kier molecular flexibility index (Phi) is 88.7. The van der Waals surface area contributed by atoms with Crippen LogP contribution >= 0.6 is 12.4 Å². The third-order valence-corrected chi connectivity index (χ3v) is 0. The van der Waals surface area contributed by atoms with Gasteiger partial charge in [-0.05, 0) is 0 Å². The van der Waals surface area contributed by atoms with Gasteiger partial charge in [-0.3, -0.25) is 0 Å². The van der Waals surface area contributed by atoms with Crippen LogP contribution in [0.25, 0.3) is 0 Å². The van der Waals surface area contributed by atoms with Gasteiger partial charge in [-0.1, -0.05) is 0 Å². The van der Waals surface area contributed by atoms with Crippen molar-refractivity contribution in [2.45, 2.75) is 0 Å². The summed E-state index contributed by atoms with van der Waals surface area (Å²) in [5, 5.41) is 0. The van der Waals surface area contributed by atoms with Gasteiger partial charge in [0.05, 0.1) is 0 Å². The van der Waals surface area contributed by atoms with Crippen LogP contribution in [0.4, 0.5) is 0 Å². The van der Waals surface area contributed by atoms with Gasteiger partial charge in [0, 0.05) is 26.2 Å². The first kappa shape index (κ1) is 16.9. The molecule has 0 N–H and O–H groups in total. The Balaban J connectivity index is -0.00000000500. The normalized spacial score (nSPS) is 1.00. The molecule has 1 nitrogen and oxygen atoms in total. The van der Waals surface area contributed by atoms with E-state index < -0.39 is 0 Å². The van der Waals surface area contributed by atoms with E-state index in [-0.39, 0.29) is 63.3 Å². The average molecular weight is 470 g/mol. The molecule has 4 heavy (non-hydrogen) atoms. The van der Waals surface area contributed by atoms with Crippen molar-refractivity contribution in [1.82, 2.24) is 0 Å². The summed E-state index contributed by atoms with van der Waals surface area (Å²) in [7, 11) is 0. The molecule has 0 aromatic carbocycles. The molecule has 0 aromatic rings. The zero-order chi connectivity index (χ0) is 2.00. The van der Waals surface area contributed by atoms with Crippen LogP contribution in [0.3, 0.4) is 0 Å². The number of halogens is 1. The minimum atomic E-state index is 0. The van der Waals surface area contributed by atoms with Gasteiger partial charge in [-0.2, -0.15) is 0 Å². The Morgan fingerprint density at radius 1 is 1.25 bits per heavy atom. The molecule has 0 fully saturated rings. The molecular formula is HBi2ClO. The zero-order valence-corrected chi connectivity index (χ0v) is 9.48. The van der Waals surface area contributed by atoms with Crippen LogP contribution in [0.15, 0.2) is 0 Å². The average Bonchev–Trinajstić information content (AvgIpc) is 1.00. The summed E-state index contributed by atoms with van der Waals surface area (Å²) in [5.74, 6) is 0. The summed E-state index contributed by atoms with van der Waals surface area (Å²) in [4.78, 5) is 0. The predicted octanol–water partition coefficient (Wildman–Crippen LogP) is -0.459. The summed E-state index contributed by atoms with van der Waals surface area (Å²) < 4.78 is 8.36. The molecule has 0 aliphatic carbocycles. The van der Waals surface area contributed by atoms with Crippen molar-refractivity contribution in [2.75, 3.05) is 0 Å². The quantitative estimate of drug-likeness (QED) is 0.439. The van der Waals surface area contributed by atoms with E-state index >= 15 is 0 Å². The molecular weight excluding hydrogens is 469 g/mol. The first-order chi connectivity index (χ1) is 1.00. The summed E-state index contributed by atoms with van der Waals surface area (Å²) >= 11 is 0.194. The van der Waals surface area contributed by atoms with Gasteiger partial charge >= 0.3 is 27.5 Å². The van der Waals surface area contributed by atoms with E-state index in [2.05, 4.69) is 0 Å². The standard InChI is InChI=1S/2Bi.ClH.O/h;;1H;. The fraction of sp³-hybridized carbons (Fsp3) is 0. The van der Waals surface area contributed by atoms with Crippen LogP contribution in [0.5, 0.6) is 0 Å². The van der Waals surface area contributed by atoms with Crippen molar-refractivity contribution in [3.8, 4) is 0 Å². The zero-order valence-electron chi connectivity index (χ0n) is 1.71. The van der Waals surface area contributed by atoms with Gasteiger partial charge in [-0.15, -0.1) is 12.4 Å². The van der Waals surface area contributed by atoms with Crippen molar-refractivity contribution in [2.24, 2.45) is 0 Å². The second-order valence-corrected chi connectivity index (χ2v) is 0. The Hall–Kier alpha value is 1.86. The van der Waals surface area contributed by atoms with Crippen molar-refractivity contribution >= 4 is 63.3 Å². The van der Waals surface area contributed by atoms with Crippen molar-refractivity contribution in [3.63, 3.8) is 0 Å². The molecule has 0 amide bonds. The van der Waals surface area contributed by atoms with E-state index in [4.69, 9.17) is 2.81 Å². The van der Waals surface area contributed by atoms with Crippen LogP contribution in [-0.2, 0) is 2.81 Å². The summed E-state index contributed by atoms with van der Waals surface area (Å²) in [6.45, 7) is 0. The Bertz CT molecular complexity index is 6.00. The van der Waals surface area contributed by atoms with E-state index in [0.29, 0.717) is 0 Å². The molecule has 0 unspecified atom stereocenters. The minimum absolute atomic E-state index is 0. The Morgan fingerprint density at radius 2 is 1.25 bits per heavy atom. The molecule has 0 aromatic heterocycles. The molecule has 0 rings (SSSR count). The van der Waals surface area contributed by atoms with Gasteiger partial charge in [0.1, 0.15) is 0 Å². The maximum atomic E-state index is 8.36. The molecule has 4 heteroatoms. The fourth-order valence-electron chi connectivity index (χ4n) is 0.